The summed E-state index contributed by atoms with van der Waals surface area (Å²) in [6.07, 6.45) is 2.93. The van der Waals surface area contributed by atoms with Crippen molar-refractivity contribution in [1.29, 1.82) is 0 Å². The Hall–Kier alpha value is -2.09. The van der Waals surface area contributed by atoms with Gasteiger partial charge < -0.3 is 4.74 Å². The number of carbonyl (C=O) groups is 1. The Morgan fingerprint density at radius 2 is 1.77 bits per heavy atom. The highest BCUT2D eigenvalue weighted by Crippen LogP contribution is 2.28. The molecule has 116 valence electrons. The first kappa shape index (κ1) is 16.3. The molecule has 2 aromatic rings. The number of benzene rings is 2. The maximum absolute atomic E-state index is 12.1. The highest BCUT2D eigenvalue weighted by atomic mass is 16.5. The van der Waals surface area contributed by atoms with E-state index in [1.165, 1.54) is 18.2 Å². The molecule has 0 saturated carbocycles. The van der Waals surface area contributed by atoms with Crippen LogP contribution in [0.1, 0.15) is 53.2 Å². The molecule has 1 unspecified atom stereocenters. The van der Waals surface area contributed by atoms with Crippen molar-refractivity contribution in [3.63, 3.8) is 0 Å². The van der Waals surface area contributed by atoms with E-state index in [4.69, 9.17) is 4.74 Å². The predicted octanol–water partition coefficient (Wildman–Crippen LogP) is 4.77. The normalized spacial score (nSPS) is 12.0. The van der Waals surface area contributed by atoms with Crippen LogP contribution in [-0.4, -0.2) is 13.1 Å². The summed E-state index contributed by atoms with van der Waals surface area (Å²) in [5, 5.41) is 0. The van der Waals surface area contributed by atoms with E-state index in [1.54, 1.807) is 0 Å². The first-order chi connectivity index (χ1) is 10.7. The maximum atomic E-state index is 12.1. The monoisotopic (exact) mass is 296 g/mol. The molecule has 0 heterocycles. The second kappa shape index (κ2) is 7.79. The van der Waals surface area contributed by atoms with Gasteiger partial charge >= 0.3 is 5.97 Å². The molecule has 0 aliphatic heterocycles. The van der Waals surface area contributed by atoms with Gasteiger partial charge in [0.05, 0.1) is 12.7 Å². The van der Waals surface area contributed by atoms with E-state index in [0.29, 0.717) is 11.5 Å². The van der Waals surface area contributed by atoms with E-state index in [-0.39, 0.29) is 5.97 Å². The van der Waals surface area contributed by atoms with Crippen molar-refractivity contribution in [2.75, 3.05) is 7.11 Å². The van der Waals surface area contributed by atoms with E-state index in [0.717, 1.165) is 24.8 Å². The zero-order valence-electron chi connectivity index (χ0n) is 13.6. The average Bonchev–Trinajstić information content (AvgIpc) is 2.59. The molecule has 0 radical (unpaired) electrons. The third-order valence-corrected chi connectivity index (χ3v) is 4.23. The summed E-state index contributed by atoms with van der Waals surface area (Å²) in [6, 6.07) is 16.4. The zero-order valence-corrected chi connectivity index (χ0v) is 13.6. The molecule has 0 aromatic heterocycles. The van der Waals surface area contributed by atoms with Crippen LogP contribution in [-0.2, 0) is 17.6 Å². The second-order valence-corrected chi connectivity index (χ2v) is 5.66. The van der Waals surface area contributed by atoms with Crippen molar-refractivity contribution in [2.45, 2.75) is 39.0 Å². The minimum Gasteiger partial charge on any atom is -0.465 e. The van der Waals surface area contributed by atoms with Crippen molar-refractivity contribution in [3.05, 3.63) is 70.8 Å². The van der Waals surface area contributed by atoms with Crippen molar-refractivity contribution in [1.82, 2.24) is 0 Å². The third-order valence-electron chi connectivity index (χ3n) is 4.23. The Labute approximate surface area is 133 Å². The number of methoxy groups -OCH3 is 1. The summed E-state index contributed by atoms with van der Waals surface area (Å²) < 4.78 is 4.95. The van der Waals surface area contributed by atoms with Gasteiger partial charge in [-0.25, -0.2) is 4.79 Å². The zero-order chi connectivity index (χ0) is 15.9. The lowest BCUT2D eigenvalue weighted by Crippen LogP contribution is -2.11. The quantitative estimate of drug-likeness (QED) is 0.718. The van der Waals surface area contributed by atoms with Crippen LogP contribution in [0.3, 0.4) is 0 Å². The molecule has 2 aromatic carbocycles. The summed E-state index contributed by atoms with van der Waals surface area (Å²) in [4.78, 5) is 12.1. The molecule has 2 rings (SSSR count). The number of hydrogen-bond donors (Lipinski definition) is 0. The summed E-state index contributed by atoms with van der Waals surface area (Å²) in [5.41, 5.74) is 4.43. The van der Waals surface area contributed by atoms with E-state index in [2.05, 4.69) is 44.2 Å². The largest absolute Gasteiger partial charge is 0.465 e. The van der Waals surface area contributed by atoms with E-state index in [1.807, 2.05) is 18.2 Å². The van der Waals surface area contributed by atoms with Crippen LogP contribution >= 0.6 is 0 Å². The minimum atomic E-state index is -0.239. The molecule has 0 aliphatic carbocycles. The number of esters is 1. The van der Waals surface area contributed by atoms with Gasteiger partial charge in [-0.05, 0) is 47.9 Å². The van der Waals surface area contributed by atoms with Crippen LogP contribution in [0.25, 0.3) is 0 Å². The van der Waals surface area contributed by atoms with Crippen LogP contribution in [0.4, 0.5) is 0 Å². The predicted molar refractivity (Wildman–Crippen MR) is 90.3 cm³/mol. The fourth-order valence-corrected chi connectivity index (χ4v) is 2.83. The fraction of sp³-hybridized carbons (Fsp3) is 0.350. The van der Waals surface area contributed by atoms with Crippen molar-refractivity contribution in [3.8, 4) is 0 Å². The van der Waals surface area contributed by atoms with Crippen LogP contribution in [0, 0.1) is 0 Å². The molecular formula is C20H24O2. The van der Waals surface area contributed by atoms with Gasteiger partial charge in [-0.3, -0.25) is 0 Å². The molecule has 0 spiro atoms. The minimum absolute atomic E-state index is 0.239. The number of rotatable bonds is 6. The van der Waals surface area contributed by atoms with Crippen molar-refractivity contribution in [2.24, 2.45) is 0 Å². The summed E-state index contributed by atoms with van der Waals surface area (Å²) in [6.45, 7) is 4.33. The molecular weight excluding hydrogens is 272 g/mol. The van der Waals surface area contributed by atoms with Gasteiger partial charge in [-0.15, -0.1) is 0 Å². The first-order valence-corrected chi connectivity index (χ1v) is 7.91. The Balaban J connectivity index is 2.31. The Bertz CT molecular complexity index is 617. The van der Waals surface area contributed by atoms with Gasteiger partial charge in [0.2, 0.25) is 0 Å². The highest BCUT2D eigenvalue weighted by Gasteiger charge is 2.19. The molecule has 0 amide bonds. The molecule has 0 aliphatic rings. The second-order valence-electron chi connectivity index (χ2n) is 5.66. The molecule has 0 saturated heterocycles. The molecule has 0 N–H and O–H groups in total. The molecule has 0 fully saturated rings. The smallest absolute Gasteiger partial charge is 0.338 e. The lowest BCUT2D eigenvalue weighted by Gasteiger charge is -2.18. The molecule has 1 atom stereocenters. The highest BCUT2D eigenvalue weighted by molar-refractivity contribution is 5.91. The van der Waals surface area contributed by atoms with Crippen molar-refractivity contribution < 1.29 is 9.53 Å². The molecule has 2 nitrogen and oxygen atoms in total. The fourth-order valence-electron chi connectivity index (χ4n) is 2.83. The van der Waals surface area contributed by atoms with Crippen LogP contribution in [0.5, 0.6) is 0 Å². The average molecular weight is 296 g/mol. The number of aryl methyl sites for hydroxylation is 2. The van der Waals surface area contributed by atoms with Gasteiger partial charge in [0.25, 0.3) is 0 Å². The van der Waals surface area contributed by atoms with Gasteiger partial charge in [-0.1, -0.05) is 56.3 Å². The number of carbonyl (C=O) groups excluding carboxylic acids is 1. The Morgan fingerprint density at radius 1 is 1.05 bits per heavy atom. The van der Waals surface area contributed by atoms with E-state index < -0.39 is 0 Å². The van der Waals surface area contributed by atoms with Gasteiger partial charge in [0.1, 0.15) is 0 Å². The van der Waals surface area contributed by atoms with Crippen LogP contribution in [0.15, 0.2) is 48.5 Å². The van der Waals surface area contributed by atoms with Crippen LogP contribution < -0.4 is 0 Å². The van der Waals surface area contributed by atoms with Crippen molar-refractivity contribution >= 4 is 5.97 Å². The standard InChI is InChI=1S/C20H24O2/c1-4-15(2)19-17(11-8-12-18(19)20(21)22-3)14-13-16-9-6-5-7-10-16/h5-12,15H,4,13-14H2,1-3H3. The third kappa shape index (κ3) is 3.76. The Morgan fingerprint density at radius 3 is 2.41 bits per heavy atom. The van der Waals surface area contributed by atoms with E-state index >= 15 is 0 Å². The lowest BCUT2D eigenvalue weighted by atomic mass is 9.87. The maximum Gasteiger partial charge on any atom is 0.338 e. The first-order valence-electron chi connectivity index (χ1n) is 7.91. The molecule has 22 heavy (non-hydrogen) atoms. The van der Waals surface area contributed by atoms with Gasteiger partial charge in [0.15, 0.2) is 0 Å². The topological polar surface area (TPSA) is 26.3 Å². The molecule has 0 bridgehead atoms. The summed E-state index contributed by atoms with van der Waals surface area (Å²) in [5.74, 6) is 0.109. The van der Waals surface area contributed by atoms with Gasteiger partial charge in [-0.2, -0.15) is 0 Å². The SMILES string of the molecule is CCC(C)c1c(CCc2ccccc2)cccc1C(=O)OC. The Kier molecular flexibility index (Phi) is 5.76. The number of hydrogen-bond acceptors (Lipinski definition) is 2. The molecule has 2 heteroatoms. The lowest BCUT2D eigenvalue weighted by molar-refractivity contribution is 0.0598. The van der Waals surface area contributed by atoms with Gasteiger partial charge in [0, 0.05) is 0 Å². The summed E-state index contributed by atoms with van der Waals surface area (Å²) in [7, 11) is 1.44. The number of ether oxygens (including phenoxy) is 1. The van der Waals surface area contributed by atoms with Crippen LogP contribution in [0.2, 0.25) is 0 Å². The summed E-state index contributed by atoms with van der Waals surface area (Å²) >= 11 is 0. The van der Waals surface area contributed by atoms with E-state index in [9.17, 15) is 4.79 Å².